The molecule has 2 unspecified atom stereocenters. The zero-order chi connectivity index (χ0) is 15.2. The molecule has 120 valence electrons. The van der Waals surface area contributed by atoms with Crippen molar-refractivity contribution in [3.63, 3.8) is 0 Å². The molecule has 1 saturated heterocycles. The molecule has 0 aromatic carbocycles. The van der Waals surface area contributed by atoms with Crippen LogP contribution in [0.4, 0.5) is 0 Å². The van der Waals surface area contributed by atoms with Crippen molar-refractivity contribution < 1.29 is 9.47 Å². The summed E-state index contributed by atoms with van der Waals surface area (Å²) in [5.74, 6) is 0.839. The Morgan fingerprint density at radius 3 is 2.95 bits per heavy atom. The lowest BCUT2D eigenvalue weighted by Gasteiger charge is -2.36. The summed E-state index contributed by atoms with van der Waals surface area (Å²) >= 11 is 0. The number of aryl methyl sites for hydroxylation is 1. The average molecular weight is 296 g/mol. The van der Waals surface area contributed by atoms with Crippen molar-refractivity contribution in [2.75, 3.05) is 40.4 Å². The monoisotopic (exact) mass is 296 g/mol. The maximum absolute atomic E-state index is 6.02. The summed E-state index contributed by atoms with van der Waals surface area (Å²) in [5, 5.41) is 8.03. The molecule has 1 N–H and O–H groups in total. The lowest BCUT2D eigenvalue weighted by atomic mass is 10.0. The predicted octanol–water partition coefficient (Wildman–Crippen LogP) is 1.28. The van der Waals surface area contributed by atoms with Crippen molar-refractivity contribution in [3.05, 3.63) is 11.9 Å². The number of hydrogen-bond acceptors (Lipinski definition) is 5. The van der Waals surface area contributed by atoms with Crippen LogP contribution in [0.3, 0.4) is 0 Å². The van der Waals surface area contributed by atoms with Crippen LogP contribution in [0.2, 0.25) is 0 Å². The minimum atomic E-state index is 0.0988. The summed E-state index contributed by atoms with van der Waals surface area (Å²) in [6, 6.07) is 0.0988. The fraction of sp³-hybridized carbons (Fsp3) is 0.800. The van der Waals surface area contributed by atoms with Gasteiger partial charge in [-0.2, -0.15) is 5.10 Å². The molecule has 2 rings (SSSR count). The molecule has 0 saturated carbocycles. The number of aromatic nitrogens is 2. The van der Waals surface area contributed by atoms with Crippen molar-refractivity contribution >= 4 is 0 Å². The largest absolute Gasteiger partial charge is 0.493 e. The van der Waals surface area contributed by atoms with Gasteiger partial charge in [-0.3, -0.25) is 4.68 Å². The Kier molecular flexibility index (Phi) is 6.02. The highest BCUT2D eigenvalue weighted by molar-refractivity contribution is 5.29. The molecular weight excluding hydrogens is 268 g/mol. The molecule has 1 aromatic heterocycles. The number of morpholine rings is 1. The van der Waals surface area contributed by atoms with Crippen molar-refractivity contribution in [1.82, 2.24) is 20.0 Å². The molecule has 6 nitrogen and oxygen atoms in total. The molecule has 0 spiro atoms. The number of nitrogens with zero attached hydrogens (tertiary/aromatic N) is 3. The Morgan fingerprint density at radius 2 is 2.33 bits per heavy atom. The third-order valence-electron chi connectivity index (χ3n) is 3.89. The fourth-order valence-electron chi connectivity index (χ4n) is 2.88. The fourth-order valence-corrected chi connectivity index (χ4v) is 2.88. The van der Waals surface area contributed by atoms with Crippen LogP contribution in [-0.2, 0) is 11.3 Å². The molecule has 0 amide bonds. The zero-order valence-corrected chi connectivity index (χ0v) is 13.6. The van der Waals surface area contributed by atoms with E-state index >= 15 is 0 Å². The minimum absolute atomic E-state index is 0.0988. The van der Waals surface area contributed by atoms with Crippen LogP contribution in [0.15, 0.2) is 6.20 Å². The van der Waals surface area contributed by atoms with Gasteiger partial charge >= 0.3 is 0 Å². The molecule has 6 heteroatoms. The van der Waals surface area contributed by atoms with Crippen LogP contribution in [0.25, 0.3) is 0 Å². The van der Waals surface area contributed by atoms with E-state index in [1.807, 2.05) is 10.9 Å². The number of likely N-dealkylation sites (N-methyl/N-ethyl adjacent to an activating group) is 2. The number of hydrogen-bond donors (Lipinski definition) is 1. The molecule has 1 aliphatic rings. The maximum Gasteiger partial charge on any atom is 0.161 e. The van der Waals surface area contributed by atoms with Crippen LogP contribution >= 0.6 is 0 Å². The van der Waals surface area contributed by atoms with Gasteiger partial charge in [-0.25, -0.2) is 0 Å². The molecule has 1 aromatic rings. The molecule has 0 bridgehead atoms. The van der Waals surface area contributed by atoms with Gasteiger partial charge < -0.3 is 19.7 Å². The molecule has 0 aliphatic carbocycles. The second-order valence-corrected chi connectivity index (χ2v) is 5.53. The van der Waals surface area contributed by atoms with Gasteiger partial charge in [0, 0.05) is 19.6 Å². The van der Waals surface area contributed by atoms with Crippen LogP contribution in [0.1, 0.15) is 32.0 Å². The number of ether oxygens (including phenoxy) is 2. The van der Waals surface area contributed by atoms with Crippen molar-refractivity contribution in [3.8, 4) is 5.75 Å². The SMILES string of the molecule is CCCn1ncc(OC)c1C(NCC)C1CN(C)CCO1. The smallest absolute Gasteiger partial charge is 0.161 e. The second kappa shape index (κ2) is 7.77. The molecule has 21 heavy (non-hydrogen) atoms. The van der Waals surface area contributed by atoms with Crippen LogP contribution in [-0.4, -0.2) is 61.2 Å². The highest BCUT2D eigenvalue weighted by Gasteiger charge is 2.32. The van der Waals surface area contributed by atoms with Gasteiger partial charge in [-0.05, 0) is 20.0 Å². The molecule has 2 heterocycles. The summed E-state index contributed by atoms with van der Waals surface area (Å²) < 4.78 is 13.6. The Balaban J connectivity index is 2.29. The number of methoxy groups -OCH3 is 1. The molecule has 2 atom stereocenters. The van der Waals surface area contributed by atoms with Gasteiger partial charge in [0.15, 0.2) is 5.75 Å². The standard InChI is InChI=1S/C15H28N4O2/c1-5-7-19-15(12(20-4)10-17-19)14(16-6-2)13-11-18(3)8-9-21-13/h10,13-14,16H,5-9,11H2,1-4H3. The summed E-state index contributed by atoms with van der Waals surface area (Å²) in [7, 11) is 3.84. The Hall–Kier alpha value is -1.11. The highest BCUT2D eigenvalue weighted by Crippen LogP contribution is 2.30. The van der Waals surface area contributed by atoms with Crippen molar-refractivity contribution in [2.45, 2.75) is 39.0 Å². The first kappa shape index (κ1) is 16.3. The van der Waals surface area contributed by atoms with Crippen LogP contribution < -0.4 is 10.1 Å². The average Bonchev–Trinajstić information content (AvgIpc) is 2.88. The highest BCUT2D eigenvalue weighted by atomic mass is 16.5. The molecule has 0 radical (unpaired) electrons. The minimum Gasteiger partial charge on any atom is -0.493 e. The van der Waals surface area contributed by atoms with Gasteiger partial charge in [-0.15, -0.1) is 0 Å². The van der Waals surface area contributed by atoms with Gasteiger partial charge in [0.05, 0.1) is 37.8 Å². The Morgan fingerprint density at radius 1 is 1.52 bits per heavy atom. The van der Waals surface area contributed by atoms with E-state index < -0.39 is 0 Å². The Labute approximate surface area is 127 Å². The van der Waals surface area contributed by atoms with E-state index in [0.29, 0.717) is 0 Å². The van der Waals surface area contributed by atoms with Gasteiger partial charge in [0.2, 0.25) is 0 Å². The number of rotatable bonds is 7. The van der Waals surface area contributed by atoms with Gasteiger partial charge in [0.25, 0.3) is 0 Å². The zero-order valence-electron chi connectivity index (χ0n) is 13.6. The quantitative estimate of drug-likeness (QED) is 0.821. The maximum atomic E-state index is 6.02. The first-order valence-corrected chi connectivity index (χ1v) is 7.84. The summed E-state index contributed by atoms with van der Waals surface area (Å²) in [4.78, 5) is 2.31. The van der Waals surface area contributed by atoms with Crippen LogP contribution in [0.5, 0.6) is 5.75 Å². The predicted molar refractivity (Wildman–Crippen MR) is 82.7 cm³/mol. The third kappa shape index (κ3) is 3.75. The normalized spacial score (nSPS) is 21.4. The van der Waals surface area contributed by atoms with Crippen molar-refractivity contribution in [2.24, 2.45) is 0 Å². The third-order valence-corrected chi connectivity index (χ3v) is 3.89. The van der Waals surface area contributed by atoms with E-state index in [-0.39, 0.29) is 12.1 Å². The number of nitrogens with one attached hydrogen (secondary N) is 1. The topological polar surface area (TPSA) is 51.5 Å². The van der Waals surface area contributed by atoms with E-state index in [2.05, 4.69) is 36.2 Å². The summed E-state index contributed by atoms with van der Waals surface area (Å²) in [6.07, 6.45) is 2.97. The van der Waals surface area contributed by atoms with E-state index in [1.165, 1.54) is 0 Å². The molecule has 1 aliphatic heterocycles. The van der Waals surface area contributed by atoms with E-state index in [9.17, 15) is 0 Å². The second-order valence-electron chi connectivity index (χ2n) is 5.53. The van der Waals surface area contributed by atoms with Gasteiger partial charge in [-0.1, -0.05) is 13.8 Å². The van der Waals surface area contributed by atoms with Crippen LogP contribution in [0, 0.1) is 0 Å². The summed E-state index contributed by atoms with van der Waals surface area (Å²) in [5.41, 5.74) is 1.10. The van der Waals surface area contributed by atoms with Crippen molar-refractivity contribution in [1.29, 1.82) is 0 Å². The van der Waals surface area contributed by atoms with Gasteiger partial charge in [0.1, 0.15) is 0 Å². The lowest BCUT2D eigenvalue weighted by molar-refractivity contribution is -0.0408. The summed E-state index contributed by atoms with van der Waals surface area (Å²) in [6.45, 7) is 8.72. The van der Waals surface area contributed by atoms with E-state index in [4.69, 9.17) is 9.47 Å². The molecule has 1 fully saturated rings. The molecular formula is C15H28N4O2. The first-order chi connectivity index (χ1) is 10.2. The first-order valence-electron chi connectivity index (χ1n) is 7.84. The van der Waals surface area contributed by atoms with E-state index in [1.54, 1.807) is 7.11 Å². The van der Waals surface area contributed by atoms with E-state index in [0.717, 1.165) is 50.7 Å². The Bertz CT molecular complexity index is 435. The lowest BCUT2D eigenvalue weighted by Crippen LogP contribution is -2.47.